The summed E-state index contributed by atoms with van der Waals surface area (Å²) in [5.74, 6) is 0.854. The number of nitrogens with zero attached hydrogens (tertiary/aromatic N) is 1. The topological polar surface area (TPSA) is 29.5 Å². The van der Waals surface area contributed by atoms with Gasteiger partial charge in [-0.05, 0) is 48.7 Å². The van der Waals surface area contributed by atoms with E-state index in [0.29, 0.717) is 13.0 Å². The van der Waals surface area contributed by atoms with Gasteiger partial charge in [-0.15, -0.1) is 0 Å². The van der Waals surface area contributed by atoms with Gasteiger partial charge < -0.3 is 9.64 Å². The Hall–Kier alpha value is -1.81. The lowest BCUT2D eigenvalue weighted by atomic mass is 9.93. The molecule has 0 fully saturated rings. The van der Waals surface area contributed by atoms with Gasteiger partial charge in [0.2, 0.25) is 5.91 Å². The van der Waals surface area contributed by atoms with Gasteiger partial charge in [0, 0.05) is 16.7 Å². The van der Waals surface area contributed by atoms with Crippen LogP contribution in [0.3, 0.4) is 0 Å². The van der Waals surface area contributed by atoms with Crippen molar-refractivity contribution in [1.82, 2.24) is 0 Å². The molecule has 114 valence electrons. The molecule has 1 amide bonds. The van der Waals surface area contributed by atoms with Gasteiger partial charge in [-0.2, -0.15) is 0 Å². The quantitative estimate of drug-likeness (QED) is 0.820. The second-order valence-electron chi connectivity index (χ2n) is 5.35. The third-order valence-electron chi connectivity index (χ3n) is 4.15. The average molecular weight is 360 g/mol. The molecule has 0 unspecified atom stereocenters. The van der Waals surface area contributed by atoms with E-state index in [0.717, 1.165) is 27.0 Å². The maximum atomic E-state index is 12.8. The number of carbonyl (C=O) groups excluding carboxylic acids is 1. The number of benzene rings is 2. The number of amides is 1. The predicted octanol–water partition coefficient (Wildman–Crippen LogP) is 4.15. The van der Waals surface area contributed by atoms with Crippen LogP contribution >= 0.6 is 15.9 Å². The molecule has 0 saturated carbocycles. The van der Waals surface area contributed by atoms with Crippen molar-refractivity contribution in [1.29, 1.82) is 0 Å². The largest absolute Gasteiger partial charge is 0.496 e. The molecule has 0 spiro atoms. The Bertz CT molecular complexity index is 714. The monoisotopic (exact) mass is 359 g/mol. The SMILES string of the molecule is CCN1C(=O)[C@@H](Cc2ccccc2OC)c2cc(Br)ccc21. The van der Waals surface area contributed by atoms with Crippen molar-refractivity contribution in [3.05, 3.63) is 58.1 Å². The Balaban J connectivity index is 2.01. The van der Waals surface area contributed by atoms with Crippen LogP contribution in [-0.4, -0.2) is 19.6 Å². The van der Waals surface area contributed by atoms with Gasteiger partial charge in [0.05, 0.1) is 13.0 Å². The molecule has 2 aromatic carbocycles. The lowest BCUT2D eigenvalue weighted by Gasteiger charge is -2.16. The minimum absolute atomic E-state index is 0.149. The predicted molar refractivity (Wildman–Crippen MR) is 91.6 cm³/mol. The van der Waals surface area contributed by atoms with E-state index in [1.807, 2.05) is 48.2 Å². The fourth-order valence-electron chi connectivity index (χ4n) is 3.11. The third kappa shape index (κ3) is 2.52. The molecule has 3 rings (SSSR count). The summed E-state index contributed by atoms with van der Waals surface area (Å²) in [7, 11) is 1.66. The number of methoxy groups -OCH3 is 1. The van der Waals surface area contributed by atoms with Crippen molar-refractivity contribution in [2.75, 3.05) is 18.6 Å². The summed E-state index contributed by atoms with van der Waals surface area (Å²) >= 11 is 3.51. The van der Waals surface area contributed by atoms with E-state index in [4.69, 9.17) is 4.74 Å². The van der Waals surface area contributed by atoms with Crippen LogP contribution in [-0.2, 0) is 11.2 Å². The fourth-order valence-corrected chi connectivity index (χ4v) is 3.48. The highest BCUT2D eigenvalue weighted by molar-refractivity contribution is 9.10. The molecule has 1 heterocycles. The zero-order valence-electron chi connectivity index (χ0n) is 12.7. The van der Waals surface area contributed by atoms with Crippen molar-refractivity contribution < 1.29 is 9.53 Å². The maximum absolute atomic E-state index is 12.8. The normalized spacial score (nSPS) is 16.8. The summed E-state index contributed by atoms with van der Waals surface area (Å²) in [5.41, 5.74) is 3.18. The van der Waals surface area contributed by atoms with Crippen molar-refractivity contribution >= 4 is 27.5 Å². The number of carbonyl (C=O) groups is 1. The van der Waals surface area contributed by atoms with Crippen LogP contribution in [0.1, 0.15) is 24.0 Å². The molecule has 0 radical (unpaired) electrons. The van der Waals surface area contributed by atoms with E-state index in [2.05, 4.69) is 22.0 Å². The second kappa shape index (κ2) is 6.13. The second-order valence-corrected chi connectivity index (χ2v) is 6.27. The Labute approximate surface area is 139 Å². The highest BCUT2D eigenvalue weighted by Crippen LogP contribution is 2.41. The zero-order chi connectivity index (χ0) is 15.7. The lowest BCUT2D eigenvalue weighted by molar-refractivity contribution is -0.119. The summed E-state index contributed by atoms with van der Waals surface area (Å²) in [4.78, 5) is 14.6. The van der Waals surface area contributed by atoms with Crippen LogP contribution in [0.4, 0.5) is 5.69 Å². The Morgan fingerprint density at radius 2 is 2.00 bits per heavy atom. The summed E-state index contributed by atoms with van der Waals surface area (Å²) in [5, 5.41) is 0. The van der Waals surface area contributed by atoms with Crippen molar-refractivity contribution in [2.24, 2.45) is 0 Å². The molecule has 22 heavy (non-hydrogen) atoms. The van der Waals surface area contributed by atoms with Crippen molar-refractivity contribution in [2.45, 2.75) is 19.3 Å². The number of rotatable bonds is 4. The van der Waals surface area contributed by atoms with Gasteiger partial charge in [-0.1, -0.05) is 34.1 Å². The van der Waals surface area contributed by atoms with Gasteiger partial charge in [0.25, 0.3) is 0 Å². The van der Waals surface area contributed by atoms with Crippen LogP contribution in [0.5, 0.6) is 5.75 Å². The smallest absolute Gasteiger partial charge is 0.234 e. The number of hydrogen-bond donors (Lipinski definition) is 0. The van der Waals surface area contributed by atoms with Crippen LogP contribution in [0.25, 0.3) is 0 Å². The molecular formula is C18H18BrNO2. The molecular weight excluding hydrogens is 342 g/mol. The molecule has 0 aliphatic carbocycles. The van der Waals surface area contributed by atoms with E-state index in [1.165, 1.54) is 0 Å². The standard InChI is InChI=1S/C18H18BrNO2/c1-3-20-16-9-8-13(19)11-14(16)15(18(20)21)10-12-6-4-5-7-17(12)22-2/h4-9,11,15H,3,10H2,1-2H3/t15-/m0/s1. The van der Waals surface area contributed by atoms with Crippen LogP contribution < -0.4 is 9.64 Å². The first-order valence-corrected chi connectivity index (χ1v) is 8.17. The Kier molecular flexibility index (Phi) is 4.21. The molecule has 0 bridgehead atoms. The maximum Gasteiger partial charge on any atom is 0.234 e. The molecule has 3 nitrogen and oxygen atoms in total. The van der Waals surface area contributed by atoms with Gasteiger partial charge in [0.15, 0.2) is 0 Å². The number of fused-ring (bicyclic) bond motifs is 1. The minimum Gasteiger partial charge on any atom is -0.496 e. The van der Waals surface area contributed by atoms with E-state index >= 15 is 0 Å². The van der Waals surface area contributed by atoms with Crippen LogP contribution in [0, 0.1) is 0 Å². The fraction of sp³-hybridized carbons (Fsp3) is 0.278. The van der Waals surface area contributed by atoms with E-state index in [9.17, 15) is 4.79 Å². The third-order valence-corrected chi connectivity index (χ3v) is 4.65. The molecule has 0 N–H and O–H groups in total. The van der Waals surface area contributed by atoms with E-state index in [-0.39, 0.29) is 11.8 Å². The number of likely N-dealkylation sites (N-methyl/N-ethyl adjacent to an activating group) is 1. The van der Waals surface area contributed by atoms with Crippen molar-refractivity contribution in [3.63, 3.8) is 0 Å². The minimum atomic E-state index is -0.149. The van der Waals surface area contributed by atoms with E-state index < -0.39 is 0 Å². The molecule has 2 aromatic rings. The number of anilines is 1. The number of ether oxygens (including phenoxy) is 1. The summed E-state index contributed by atoms with van der Waals surface area (Å²) < 4.78 is 6.42. The number of halogens is 1. The molecule has 4 heteroatoms. The molecule has 1 atom stereocenters. The summed E-state index contributed by atoms with van der Waals surface area (Å²) in [6.07, 6.45) is 0.656. The molecule has 0 saturated heterocycles. The van der Waals surface area contributed by atoms with Gasteiger partial charge in [0.1, 0.15) is 5.75 Å². The highest BCUT2D eigenvalue weighted by Gasteiger charge is 2.36. The molecule has 0 aromatic heterocycles. The average Bonchev–Trinajstić information content (AvgIpc) is 2.79. The van der Waals surface area contributed by atoms with Gasteiger partial charge >= 0.3 is 0 Å². The number of hydrogen-bond acceptors (Lipinski definition) is 2. The zero-order valence-corrected chi connectivity index (χ0v) is 14.3. The van der Waals surface area contributed by atoms with Crippen molar-refractivity contribution in [3.8, 4) is 5.75 Å². The lowest BCUT2D eigenvalue weighted by Crippen LogP contribution is -2.29. The number of para-hydroxylation sites is 1. The molecule has 1 aliphatic rings. The molecule has 1 aliphatic heterocycles. The van der Waals surface area contributed by atoms with Crippen LogP contribution in [0.2, 0.25) is 0 Å². The summed E-state index contributed by atoms with van der Waals surface area (Å²) in [6.45, 7) is 2.70. The summed E-state index contributed by atoms with van der Waals surface area (Å²) in [6, 6.07) is 14.0. The highest BCUT2D eigenvalue weighted by atomic mass is 79.9. The van der Waals surface area contributed by atoms with Crippen LogP contribution in [0.15, 0.2) is 46.9 Å². The Morgan fingerprint density at radius 1 is 1.23 bits per heavy atom. The van der Waals surface area contributed by atoms with E-state index in [1.54, 1.807) is 7.11 Å². The Morgan fingerprint density at radius 3 is 2.73 bits per heavy atom. The first kappa shape index (κ1) is 15.1. The first-order valence-electron chi connectivity index (χ1n) is 7.38. The van der Waals surface area contributed by atoms with Gasteiger partial charge in [-0.25, -0.2) is 0 Å². The van der Waals surface area contributed by atoms with Gasteiger partial charge in [-0.3, -0.25) is 4.79 Å². The first-order chi connectivity index (χ1) is 10.7.